The van der Waals surface area contributed by atoms with Crippen LogP contribution in [0.1, 0.15) is 25.8 Å². The van der Waals surface area contributed by atoms with Crippen LogP contribution in [-0.4, -0.2) is 57.4 Å². The Morgan fingerprint density at radius 3 is 2.28 bits per heavy atom. The molecule has 1 aromatic carbocycles. The van der Waals surface area contributed by atoms with E-state index in [0.717, 1.165) is 5.56 Å². The lowest BCUT2D eigenvalue weighted by Crippen LogP contribution is -2.33. The average Bonchev–Trinajstić information content (AvgIpc) is 2.60. The van der Waals surface area contributed by atoms with E-state index in [-0.39, 0.29) is 24.9 Å². The van der Waals surface area contributed by atoms with Crippen LogP contribution in [0.3, 0.4) is 0 Å². The van der Waals surface area contributed by atoms with Gasteiger partial charge in [-0.25, -0.2) is 0 Å². The normalized spacial score (nSPS) is 10.4. The molecule has 0 heterocycles. The fraction of sp³-hybridized carbons (Fsp3) is 0.556. The number of benzene rings is 1. The Balaban J connectivity index is 2.87. The largest absolute Gasteiger partial charge is 0.497 e. The van der Waals surface area contributed by atoms with Gasteiger partial charge in [-0.3, -0.25) is 14.5 Å². The molecule has 0 aliphatic heterocycles. The molecule has 0 unspecified atom stereocenters. The summed E-state index contributed by atoms with van der Waals surface area (Å²) in [5, 5.41) is 0. The molecule has 0 fully saturated rings. The quantitative estimate of drug-likeness (QED) is 0.564. The first-order valence-electron chi connectivity index (χ1n) is 8.28. The van der Waals surface area contributed by atoms with Crippen molar-refractivity contribution in [3.63, 3.8) is 0 Å². The fourth-order valence-corrected chi connectivity index (χ4v) is 2.33. The van der Waals surface area contributed by atoms with Crippen molar-refractivity contribution in [1.29, 1.82) is 0 Å². The van der Waals surface area contributed by atoms with Crippen molar-refractivity contribution in [1.82, 2.24) is 4.90 Å². The topological polar surface area (TPSA) is 74.3 Å². The molecule has 25 heavy (non-hydrogen) atoms. The highest BCUT2D eigenvalue weighted by Crippen LogP contribution is 2.25. The van der Waals surface area contributed by atoms with Crippen LogP contribution in [0.2, 0.25) is 0 Å². The van der Waals surface area contributed by atoms with Crippen molar-refractivity contribution in [2.45, 2.75) is 26.8 Å². The molecule has 7 nitrogen and oxygen atoms in total. The molecule has 0 atom stereocenters. The van der Waals surface area contributed by atoms with E-state index in [1.54, 1.807) is 34.1 Å². The molecule has 140 valence electrons. The second-order valence-electron chi connectivity index (χ2n) is 5.25. The predicted molar refractivity (Wildman–Crippen MR) is 92.7 cm³/mol. The SMILES string of the molecule is CCOC(=O)CCN(CC(=O)OCC)Cc1cc(OC)ccc1OC. The molecule has 1 aromatic rings. The first kappa shape index (κ1) is 20.8. The molecule has 0 radical (unpaired) electrons. The molecule has 1 rings (SSSR count). The Morgan fingerprint density at radius 1 is 1.00 bits per heavy atom. The van der Waals surface area contributed by atoms with Crippen molar-refractivity contribution in [2.75, 3.05) is 40.5 Å². The third-order valence-corrected chi connectivity index (χ3v) is 3.48. The lowest BCUT2D eigenvalue weighted by Gasteiger charge is -2.22. The minimum absolute atomic E-state index is 0.0770. The van der Waals surface area contributed by atoms with E-state index in [2.05, 4.69) is 0 Å². The van der Waals surface area contributed by atoms with E-state index in [4.69, 9.17) is 18.9 Å². The molecule has 7 heteroatoms. The summed E-state index contributed by atoms with van der Waals surface area (Å²) in [5.41, 5.74) is 0.856. The van der Waals surface area contributed by atoms with E-state index >= 15 is 0 Å². The molecule has 0 spiro atoms. The summed E-state index contributed by atoms with van der Waals surface area (Å²) >= 11 is 0. The standard InChI is InChI=1S/C18H27NO6/c1-5-24-17(20)9-10-19(13-18(21)25-6-2)12-14-11-15(22-3)7-8-16(14)23-4/h7-8,11H,5-6,9-10,12-13H2,1-4H3. The molecule has 0 saturated heterocycles. The van der Waals surface area contributed by atoms with Crippen LogP contribution in [0, 0.1) is 0 Å². The van der Waals surface area contributed by atoms with Crippen LogP contribution < -0.4 is 9.47 Å². The lowest BCUT2D eigenvalue weighted by atomic mass is 10.1. The third-order valence-electron chi connectivity index (χ3n) is 3.48. The zero-order valence-corrected chi connectivity index (χ0v) is 15.4. The Morgan fingerprint density at radius 2 is 1.68 bits per heavy atom. The van der Waals surface area contributed by atoms with Crippen LogP contribution in [0.25, 0.3) is 0 Å². The van der Waals surface area contributed by atoms with Crippen molar-refractivity contribution < 1.29 is 28.5 Å². The molecule has 0 aromatic heterocycles. The van der Waals surface area contributed by atoms with E-state index in [0.29, 0.717) is 37.8 Å². The van der Waals surface area contributed by atoms with Gasteiger partial charge in [0.05, 0.1) is 40.4 Å². The number of carbonyl (C=O) groups excluding carboxylic acids is 2. The molecule has 0 amide bonds. The van der Waals surface area contributed by atoms with Crippen molar-refractivity contribution >= 4 is 11.9 Å². The second-order valence-corrected chi connectivity index (χ2v) is 5.25. The summed E-state index contributed by atoms with van der Waals surface area (Å²) in [6, 6.07) is 5.46. The van der Waals surface area contributed by atoms with E-state index in [9.17, 15) is 9.59 Å². The Labute approximate surface area is 148 Å². The van der Waals surface area contributed by atoms with Crippen LogP contribution in [0.15, 0.2) is 18.2 Å². The van der Waals surface area contributed by atoms with Gasteiger partial charge in [-0.2, -0.15) is 0 Å². The van der Waals surface area contributed by atoms with Crippen molar-refractivity contribution in [3.05, 3.63) is 23.8 Å². The number of hydrogen-bond acceptors (Lipinski definition) is 7. The van der Waals surface area contributed by atoms with Gasteiger partial charge in [-0.1, -0.05) is 0 Å². The van der Waals surface area contributed by atoms with Gasteiger partial charge >= 0.3 is 11.9 Å². The molecular formula is C18H27NO6. The number of methoxy groups -OCH3 is 2. The fourth-order valence-electron chi connectivity index (χ4n) is 2.33. The average molecular weight is 353 g/mol. The minimum atomic E-state index is -0.340. The maximum Gasteiger partial charge on any atom is 0.320 e. The highest BCUT2D eigenvalue weighted by Gasteiger charge is 2.17. The van der Waals surface area contributed by atoms with Crippen molar-refractivity contribution in [2.24, 2.45) is 0 Å². The van der Waals surface area contributed by atoms with Crippen LogP contribution in [0.5, 0.6) is 11.5 Å². The third kappa shape index (κ3) is 7.43. The number of hydrogen-bond donors (Lipinski definition) is 0. The predicted octanol–water partition coefficient (Wildman–Crippen LogP) is 2.02. The highest BCUT2D eigenvalue weighted by molar-refractivity contribution is 5.72. The summed E-state index contributed by atoms with van der Waals surface area (Å²) in [6.45, 7) is 5.03. The van der Waals surface area contributed by atoms with E-state index < -0.39 is 0 Å². The summed E-state index contributed by atoms with van der Waals surface area (Å²) in [4.78, 5) is 25.3. The number of rotatable bonds is 11. The van der Waals surface area contributed by atoms with Gasteiger partial charge in [0.25, 0.3) is 0 Å². The lowest BCUT2D eigenvalue weighted by molar-refractivity contribution is -0.147. The zero-order chi connectivity index (χ0) is 18.7. The molecule has 0 saturated carbocycles. The summed E-state index contributed by atoms with van der Waals surface area (Å²) < 4.78 is 20.6. The Kier molecular flexibility index (Phi) is 9.39. The van der Waals surface area contributed by atoms with Gasteiger partial charge < -0.3 is 18.9 Å². The van der Waals surface area contributed by atoms with Gasteiger partial charge in [-0.05, 0) is 32.0 Å². The molecular weight excluding hydrogens is 326 g/mol. The van der Waals surface area contributed by atoms with Gasteiger partial charge in [-0.15, -0.1) is 0 Å². The smallest absolute Gasteiger partial charge is 0.320 e. The number of ether oxygens (including phenoxy) is 4. The first-order chi connectivity index (χ1) is 12.0. The number of nitrogens with zero attached hydrogens (tertiary/aromatic N) is 1. The minimum Gasteiger partial charge on any atom is -0.497 e. The summed E-state index contributed by atoms with van der Waals surface area (Å²) in [7, 11) is 3.17. The molecule has 0 bridgehead atoms. The monoisotopic (exact) mass is 353 g/mol. The van der Waals surface area contributed by atoms with Gasteiger partial charge in [0.2, 0.25) is 0 Å². The zero-order valence-electron chi connectivity index (χ0n) is 15.4. The van der Waals surface area contributed by atoms with Gasteiger partial charge in [0.1, 0.15) is 11.5 Å². The van der Waals surface area contributed by atoms with Crippen molar-refractivity contribution in [3.8, 4) is 11.5 Å². The van der Waals surface area contributed by atoms with E-state index in [1.165, 1.54) is 0 Å². The Hall–Kier alpha value is -2.28. The molecule has 0 aliphatic rings. The number of carbonyl (C=O) groups is 2. The van der Waals surface area contributed by atoms with E-state index in [1.807, 2.05) is 17.0 Å². The van der Waals surface area contributed by atoms with Crippen LogP contribution in [0.4, 0.5) is 0 Å². The van der Waals surface area contributed by atoms with Crippen LogP contribution >= 0.6 is 0 Å². The van der Waals surface area contributed by atoms with Crippen LogP contribution in [-0.2, 0) is 25.6 Å². The molecule has 0 aliphatic carbocycles. The summed E-state index contributed by atoms with van der Waals surface area (Å²) in [6.07, 6.45) is 0.194. The maximum atomic E-state index is 11.9. The maximum absolute atomic E-state index is 11.9. The summed E-state index contributed by atoms with van der Waals surface area (Å²) in [5.74, 6) is 0.741. The first-order valence-corrected chi connectivity index (χ1v) is 8.28. The highest BCUT2D eigenvalue weighted by atomic mass is 16.5. The van der Waals surface area contributed by atoms with Gasteiger partial charge in [0, 0.05) is 18.7 Å². The molecule has 0 N–H and O–H groups in total. The van der Waals surface area contributed by atoms with Gasteiger partial charge in [0.15, 0.2) is 0 Å². The Bertz CT molecular complexity index is 560. The second kappa shape index (κ2) is 11.3. The number of esters is 2.